The van der Waals surface area contributed by atoms with E-state index in [4.69, 9.17) is 0 Å². The summed E-state index contributed by atoms with van der Waals surface area (Å²) in [7, 11) is 0. The average Bonchev–Trinajstić information content (AvgIpc) is 3.05. The lowest BCUT2D eigenvalue weighted by molar-refractivity contribution is 0.593. The number of hydrogen-bond acceptors (Lipinski definition) is 2. The summed E-state index contributed by atoms with van der Waals surface area (Å²) in [4.78, 5) is 2.81. The summed E-state index contributed by atoms with van der Waals surface area (Å²) in [6, 6.07) is 15.2. The van der Waals surface area contributed by atoms with Crippen LogP contribution in [0.5, 0.6) is 0 Å². The quantitative estimate of drug-likeness (QED) is 0.672. The van der Waals surface area contributed by atoms with E-state index in [-0.39, 0.29) is 0 Å². The third kappa shape index (κ3) is 3.11. The lowest BCUT2D eigenvalue weighted by Gasteiger charge is -2.06. The van der Waals surface area contributed by atoms with Gasteiger partial charge < -0.3 is 9.88 Å². The number of aryl methyl sites for hydroxylation is 2. The van der Waals surface area contributed by atoms with Gasteiger partial charge in [0, 0.05) is 34.6 Å². The van der Waals surface area contributed by atoms with E-state index in [1.807, 2.05) is 11.3 Å². The van der Waals surface area contributed by atoms with Gasteiger partial charge in [-0.2, -0.15) is 0 Å². The number of benzene rings is 1. The second-order valence-corrected chi connectivity index (χ2v) is 6.48. The van der Waals surface area contributed by atoms with Crippen LogP contribution in [0.1, 0.15) is 16.2 Å². The third-order valence-corrected chi connectivity index (χ3v) is 4.53. The Bertz CT molecular complexity index is 681. The van der Waals surface area contributed by atoms with Crippen LogP contribution in [0.4, 0.5) is 0 Å². The molecule has 0 saturated heterocycles. The summed E-state index contributed by atoms with van der Waals surface area (Å²) in [5, 5.41) is 4.85. The summed E-state index contributed by atoms with van der Waals surface area (Å²) in [6.07, 6.45) is 3.34. The van der Waals surface area contributed by atoms with Gasteiger partial charge in [0.15, 0.2) is 0 Å². The molecule has 20 heavy (non-hydrogen) atoms. The van der Waals surface area contributed by atoms with Crippen LogP contribution in [-0.2, 0) is 13.1 Å². The minimum atomic E-state index is 0.991. The lowest BCUT2D eigenvalue weighted by atomic mass is 10.2. The minimum Gasteiger partial charge on any atom is -0.347 e. The van der Waals surface area contributed by atoms with E-state index >= 15 is 0 Å². The minimum absolute atomic E-state index is 0.991. The average molecular weight is 284 g/mol. The van der Waals surface area contributed by atoms with Crippen LogP contribution >= 0.6 is 11.3 Å². The topological polar surface area (TPSA) is 17.0 Å². The number of para-hydroxylation sites is 1. The number of nitrogens with zero attached hydrogens (tertiary/aromatic N) is 1. The van der Waals surface area contributed by atoms with Crippen molar-refractivity contribution in [3.63, 3.8) is 0 Å². The molecule has 0 atom stereocenters. The van der Waals surface area contributed by atoms with E-state index in [9.17, 15) is 0 Å². The standard InChI is InChI=1S/C17H20N2S/c1-14-7-8-16(20-14)13-18-10-4-11-19-12-9-15-5-2-3-6-17(15)19/h2-3,5-9,12,18H,4,10-11,13H2,1H3. The Hall–Kier alpha value is -1.58. The van der Waals surface area contributed by atoms with E-state index in [0.717, 1.165) is 26.1 Å². The molecule has 1 aromatic carbocycles. The van der Waals surface area contributed by atoms with Gasteiger partial charge in [0.25, 0.3) is 0 Å². The number of aromatic nitrogens is 1. The van der Waals surface area contributed by atoms with Crippen molar-refractivity contribution in [2.24, 2.45) is 0 Å². The van der Waals surface area contributed by atoms with E-state index in [1.165, 1.54) is 20.7 Å². The number of thiophene rings is 1. The summed E-state index contributed by atoms with van der Waals surface area (Å²) in [5.41, 5.74) is 1.33. The molecular weight excluding hydrogens is 264 g/mol. The fourth-order valence-electron chi connectivity index (χ4n) is 2.50. The zero-order valence-electron chi connectivity index (χ0n) is 11.8. The second-order valence-electron chi connectivity index (χ2n) is 5.11. The summed E-state index contributed by atoms with van der Waals surface area (Å²) in [5.74, 6) is 0. The summed E-state index contributed by atoms with van der Waals surface area (Å²) >= 11 is 1.88. The van der Waals surface area contributed by atoms with Crippen LogP contribution in [-0.4, -0.2) is 11.1 Å². The van der Waals surface area contributed by atoms with Crippen LogP contribution in [0.3, 0.4) is 0 Å². The fourth-order valence-corrected chi connectivity index (χ4v) is 3.36. The molecule has 0 aliphatic rings. The number of nitrogens with one attached hydrogen (secondary N) is 1. The highest BCUT2D eigenvalue weighted by atomic mass is 32.1. The maximum absolute atomic E-state index is 3.52. The predicted molar refractivity (Wildman–Crippen MR) is 87.3 cm³/mol. The largest absolute Gasteiger partial charge is 0.347 e. The highest BCUT2D eigenvalue weighted by Crippen LogP contribution is 2.16. The Morgan fingerprint density at radius 3 is 2.85 bits per heavy atom. The molecule has 2 nitrogen and oxygen atoms in total. The van der Waals surface area contributed by atoms with Crippen molar-refractivity contribution in [1.29, 1.82) is 0 Å². The molecule has 2 aromatic heterocycles. The van der Waals surface area contributed by atoms with Crippen LogP contribution in [0, 0.1) is 6.92 Å². The molecule has 0 unspecified atom stereocenters. The molecule has 0 spiro atoms. The molecular formula is C17H20N2S. The van der Waals surface area contributed by atoms with Gasteiger partial charge in [-0.15, -0.1) is 11.3 Å². The van der Waals surface area contributed by atoms with Crippen molar-refractivity contribution < 1.29 is 0 Å². The molecule has 0 fully saturated rings. The number of rotatable bonds is 6. The zero-order valence-corrected chi connectivity index (χ0v) is 12.6. The Morgan fingerprint density at radius 2 is 2.00 bits per heavy atom. The molecule has 2 heterocycles. The van der Waals surface area contributed by atoms with E-state index < -0.39 is 0 Å². The highest BCUT2D eigenvalue weighted by molar-refractivity contribution is 7.11. The van der Waals surface area contributed by atoms with Gasteiger partial charge in [-0.1, -0.05) is 18.2 Å². The van der Waals surface area contributed by atoms with Gasteiger partial charge >= 0.3 is 0 Å². The van der Waals surface area contributed by atoms with Crippen molar-refractivity contribution in [3.8, 4) is 0 Å². The first-order valence-corrected chi connectivity index (χ1v) is 7.94. The Kier molecular flexibility index (Phi) is 4.19. The monoisotopic (exact) mass is 284 g/mol. The Labute approximate surface area is 124 Å². The van der Waals surface area contributed by atoms with Crippen LogP contribution in [0.2, 0.25) is 0 Å². The van der Waals surface area contributed by atoms with Crippen molar-refractivity contribution in [2.45, 2.75) is 26.4 Å². The van der Waals surface area contributed by atoms with Crippen molar-refractivity contribution in [1.82, 2.24) is 9.88 Å². The van der Waals surface area contributed by atoms with E-state index in [2.05, 4.69) is 65.5 Å². The van der Waals surface area contributed by atoms with Crippen molar-refractivity contribution >= 4 is 22.2 Å². The number of fused-ring (bicyclic) bond motifs is 1. The first-order valence-electron chi connectivity index (χ1n) is 7.13. The predicted octanol–water partition coefficient (Wildman–Crippen LogP) is 4.19. The Morgan fingerprint density at radius 1 is 1.10 bits per heavy atom. The molecule has 0 aliphatic carbocycles. The van der Waals surface area contributed by atoms with Crippen molar-refractivity contribution in [3.05, 3.63) is 58.4 Å². The first-order chi connectivity index (χ1) is 9.83. The molecule has 3 heteroatoms. The van der Waals surface area contributed by atoms with Gasteiger partial charge in [-0.05, 0) is 49.5 Å². The first kappa shape index (κ1) is 13.4. The van der Waals surface area contributed by atoms with Gasteiger partial charge in [-0.25, -0.2) is 0 Å². The Balaban J connectivity index is 1.46. The lowest BCUT2D eigenvalue weighted by Crippen LogP contribution is -2.15. The molecule has 3 aromatic rings. The zero-order chi connectivity index (χ0) is 13.8. The maximum atomic E-state index is 3.52. The van der Waals surface area contributed by atoms with Gasteiger partial charge in [-0.3, -0.25) is 0 Å². The SMILES string of the molecule is Cc1ccc(CNCCCn2ccc3ccccc32)s1. The molecule has 0 aliphatic heterocycles. The van der Waals surface area contributed by atoms with Crippen LogP contribution in [0.15, 0.2) is 48.7 Å². The fraction of sp³-hybridized carbons (Fsp3) is 0.294. The normalized spacial score (nSPS) is 11.2. The molecule has 0 bridgehead atoms. The molecule has 104 valence electrons. The summed E-state index contributed by atoms with van der Waals surface area (Å²) in [6.45, 7) is 5.28. The number of hydrogen-bond donors (Lipinski definition) is 1. The molecule has 0 saturated carbocycles. The van der Waals surface area contributed by atoms with Gasteiger partial charge in [0.1, 0.15) is 0 Å². The van der Waals surface area contributed by atoms with Crippen LogP contribution < -0.4 is 5.32 Å². The van der Waals surface area contributed by atoms with Crippen molar-refractivity contribution in [2.75, 3.05) is 6.54 Å². The van der Waals surface area contributed by atoms with Crippen LogP contribution in [0.25, 0.3) is 10.9 Å². The second kappa shape index (κ2) is 6.25. The van der Waals surface area contributed by atoms with E-state index in [0.29, 0.717) is 0 Å². The van der Waals surface area contributed by atoms with E-state index in [1.54, 1.807) is 0 Å². The molecule has 1 N–H and O–H groups in total. The molecule has 3 rings (SSSR count). The third-order valence-electron chi connectivity index (χ3n) is 3.53. The molecule has 0 amide bonds. The van der Waals surface area contributed by atoms with Gasteiger partial charge in [0.2, 0.25) is 0 Å². The smallest absolute Gasteiger partial charge is 0.0480 e. The maximum Gasteiger partial charge on any atom is 0.0480 e. The summed E-state index contributed by atoms with van der Waals surface area (Å²) < 4.78 is 2.34. The highest BCUT2D eigenvalue weighted by Gasteiger charge is 2.00. The van der Waals surface area contributed by atoms with Gasteiger partial charge in [0.05, 0.1) is 0 Å². The molecule has 0 radical (unpaired) electrons.